The first kappa shape index (κ1) is 18.5. The molecule has 1 heterocycles. The van der Waals surface area contributed by atoms with Crippen LogP contribution in [-0.4, -0.2) is 52.4 Å². The maximum absolute atomic E-state index is 14.4. The van der Waals surface area contributed by atoms with Gasteiger partial charge in [-0.1, -0.05) is 6.07 Å². The summed E-state index contributed by atoms with van der Waals surface area (Å²) >= 11 is 0. The van der Waals surface area contributed by atoms with Crippen molar-refractivity contribution in [3.63, 3.8) is 0 Å². The Labute approximate surface area is 153 Å². The molecule has 1 unspecified atom stereocenters. The zero-order valence-electron chi connectivity index (χ0n) is 15.4. The fraction of sp³-hybridized carbons (Fsp3) is 0.400. The molecule has 3 rings (SSSR count). The van der Waals surface area contributed by atoms with Crippen LogP contribution in [0.15, 0.2) is 36.4 Å². The van der Waals surface area contributed by atoms with Crippen molar-refractivity contribution in [2.45, 2.75) is 6.04 Å². The summed E-state index contributed by atoms with van der Waals surface area (Å²) in [6.45, 7) is 3.50. The van der Waals surface area contributed by atoms with E-state index < -0.39 is 0 Å². The van der Waals surface area contributed by atoms with E-state index in [4.69, 9.17) is 14.2 Å². The maximum Gasteiger partial charge on any atom is 0.165 e. The number of benzene rings is 2. The van der Waals surface area contributed by atoms with Gasteiger partial charge in [0.15, 0.2) is 11.6 Å². The molecular weight excluding hydrogens is 335 g/mol. The van der Waals surface area contributed by atoms with Crippen LogP contribution in [0, 0.1) is 5.82 Å². The van der Waals surface area contributed by atoms with E-state index in [1.807, 2.05) is 24.3 Å². The SMILES string of the molecule is COc1ccc(OC)c(C(c2ccc(OC)c(F)c2)N2CCNCC2)c1. The Kier molecular flexibility index (Phi) is 5.96. The van der Waals surface area contributed by atoms with Gasteiger partial charge in [0.05, 0.1) is 27.4 Å². The fourth-order valence-corrected chi connectivity index (χ4v) is 3.43. The second-order valence-electron chi connectivity index (χ2n) is 6.19. The first-order valence-corrected chi connectivity index (χ1v) is 8.68. The van der Waals surface area contributed by atoms with Crippen molar-refractivity contribution < 1.29 is 18.6 Å². The van der Waals surface area contributed by atoms with Gasteiger partial charge < -0.3 is 19.5 Å². The number of halogens is 1. The Morgan fingerprint density at radius 1 is 0.923 bits per heavy atom. The minimum Gasteiger partial charge on any atom is -0.497 e. The molecule has 1 aliphatic rings. The van der Waals surface area contributed by atoms with E-state index in [2.05, 4.69) is 10.2 Å². The first-order chi connectivity index (χ1) is 12.7. The normalized spacial score (nSPS) is 16.2. The number of piperazine rings is 1. The number of ether oxygens (including phenoxy) is 3. The van der Waals surface area contributed by atoms with Crippen molar-refractivity contribution in [1.29, 1.82) is 0 Å². The minimum absolute atomic E-state index is 0.137. The molecule has 0 saturated carbocycles. The van der Waals surface area contributed by atoms with E-state index >= 15 is 0 Å². The van der Waals surface area contributed by atoms with Crippen molar-refractivity contribution in [1.82, 2.24) is 10.2 Å². The summed E-state index contributed by atoms with van der Waals surface area (Å²) in [6, 6.07) is 10.7. The molecule has 0 aromatic heterocycles. The van der Waals surface area contributed by atoms with Crippen LogP contribution in [-0.2, 0) is 0 Å². The predicted octanol–water partition coefficient (Wildman–Crippen LogP) is 2.85. The van der Waals surface area contributed by atoms with E-state index in [0.29, 0.717) is 0 Å². The van der Waals surface area contributed by atoms with Crippen molar-refractivity contribution >= 4 is 0 Å². The summed E-state index contributed by atoms with van der Waals surface area (Å²) < 4.78 is 30.5. The van der Waals surface area contributed by atoms with Gasteiger partial charge in [0.2, 0.25) is 0 Å². The Balaban J connectivity index is 2.11. The molecule has 1 saturated heterocycles. The van der Waals surface area contributed by atoms with Crippen molar-refractivity contribution in [3.05, 3.63) is 53.3 Å². The summed E-state index contributed by atoms with van der Waals surface area (Å²) in [5.74, 6) is 1.37. The van der Waals surface area contributed by atoms with E-state index in [0.717, 1.165) is 48.8 Å². The highest BCUT2D eigenvalue weighted by Gasteiger charge is 2.27. The Morgan fingerprint density at radius 3 is 2.23 bits per heavy atom. The summed E-state index contributed by atoms with van der Waals surface area (Å²) in [6.07, 6.45) is 0. The quantitative estimate of drug-likeness (QED) is 0.858. The van der Waals surface area contributed by atoms with Crippen molar-refractivity contribution in [3.8, 4) is 17.2 Å². The molecule has 0 bridgehead atoms. The van der Waals surface area contributed by atoms with Gasteiger partial charge in [-0.2, -0.15) is 0 Å². The van der Waals surface area contributed by atoms with E-state index in [-0.39, 0.29) is 17.6 Å². The Hall–Kier alpha value is -2.31. The van der Waals surface area contributed by atoms with Crippen LogP contribution >= 0.6 is 0 Å². The molecule has 5 nitrogen and oxygen atoms in total. The highest BCUT2D eigenvalue weighted by molar-refractivity contribution is 5.47. The van der Waals surface area contributed by atoms with Gasteiger partial charge in [-0.05, 0) is 35.9 Å². The summed E-state index contributed by atoms with van der Waals surface area (Å²) in [5, 5.41) is 3.36. The number of nitrogens with zero attached hydrogens (tertiary/aromatic N) is 1. The van der Waals surface area contributed by atoms with Gasteiger partial charge in [0.1, 0.15) is 11.5 Å². The minimum atomic E-state index is -0.369. The van der Waals surface area contributed by atoms with E-state index in [9.17, 15) is 4.39 Å². The van der Waals surface area contributed by atoms with Crippen LogP contribution in [0.5, 0.6) is 17.2 Å². The van der Waals surface area contributed by atoms with Gasteiger partial charge in [-0.25, -0.2) is 4.39 Å². The third kappa shape index (κ3) is 3.76. The standard InChI is InChI=1S/C20H25FN2O3/c1-24-15-5-7-18(25-2)16(13-15)20(23-10-8-22-9-11-23)14-4-6-19(26-3)17(21)12-14/h4-7,12-13,20,22H,8-11H2,1-3H3. The lowest BCUT2D eigenvalue weighted by Crippen LogP contribution is -2.45. The third-order valence-corrected chi connectivity index (χ3v) is 4.74. The van der Waals surface area contributed by atoms with Crippen LogP contribution in [0.25, 0.3) is 0 Å². The van der Waals surface area contributed by atoms with Gasteiger partial charge >= 0.3 is 0 Å². The van der Waals surface area contributed by atoms with Gasteiger partial charge in [0, 0.05) is 31.7 Å². The van der Waals surface area contributed by atoms with Gasteiger partial charge in [0.25, 0.3) is 0 Å². The second-order valence-corrected chi connectivity index (χ2v) is 6.19. The molecule has 6 heteroatoms. The Bertz CT molecular complexity index is 748. The molecule has 2 aromatic carbocycles. The molecule has 1 aliphatic heterocycles. The third-order valence-electron chi connectivity index (χ3n) is 4.74. The largest absolute Gasteiger partial charge is 0.497 e. The number of hydrogen-bond acceptors (Lipinski definition) is 5. The second kappa shape index (κ2) is 8.38. The maximum atomic E-state index is 14.4. The van der Waals surface area contributed by atoms with E-state index in [1.54, 1.807) is 26.4 Å². The van der Waals surface area contributed by atoms with Gasteiger partial charge in [-0.3, -0.25) is 4.90 Å². The number of nitrogens with one attached hydrogen (secondary N) is 1. The average Bonchev–Trinajstić information content (AvgIpc) is 2.69. The van der Waals surface area contributed by atoms with Crippen LogP contribution in [0.1, 0.15) is 17.2 Å². The molecule has 1 fully saturated rings. The molecule has 0 aliphatic carbocycles. The summed E-state index contributed by atoms with van der Waals surface area (Å²) in [7, 11) is 4.75. The molecule has 1 atom stereocenters. The van der Waals surface area contributed by atoms with Crippen LogP contribution in [0.3, 0.4) is 0 Å². The lowest BCUT2D eigenvalue weighted by Gasteiger charge is -2.36. The van der Waals surface area contributed by atoms with Crippen LogP contribution in [0.2, 0.25) is 0 Å². The molecule has 140 valence electrons. The molecule has 26 heavy (non-hydrogen) atoms. The number of methoxy groups -OCH3 is 3. The number of hydrogen-bond donors (Lipinski definition) is 1. The van der Waals surface area contributed by atoms with Gasteiger partial charge in [-0.15, -0.1) is 0 Å². The smallest absolute Gasteiger partial charge is 0.165 e. The molecule has 0 amide bonds. The zero-order valence-corrected chi connectivity index (χ0v) is 15.4. The predicted molar refractivity (Wildman–Crippen MR) is 98.8 cm³/mol. The summed E-state index contributed by atoms with van der Waals surface area (Å²) in [5.41, 5.74) is 1.81. The molecule has 0 spiro atoms. The Morgan fingerprint density at radius 2 is 1.62 bits per heavy atom. The number of rotatable bonds is 6. The highest BCUT2D eigenvalue weighted by Crippen LogP contribution is 2.38. The summed E-state index contributed by atoms with van der Waals surface area (Å²) in [4.78, 5) is 2.33. The highest BCUT2D eigenvalue weighted by atomic mass is 19.1. The average molecular weight is 360 g/mol. The van der Waals surface area contributed by atoms with Crippen LogP contribution < -0.4 is 19.5 Å². The van der Waals surface area contributed by atoms with Crippen LogP contribution in [0.4, 0.5) is 4.39 Å². The monoisotopic (exact) mass is 360 g/mol. The topological polar surface area (TPSA) is 43.0 Å². The van der Waals surface area contributed by atoms with Crippen molar-refractivity contribution in [2.24, 2.45) is 0 Å². The first-order valence-electron chi connectivity index (χ1n) is 8.68. The lowest BCUT2D eigenvalue weighted by atomic mass is 9.95. The molecule has 1 N–H and O–H groups in total. The molecule has 0 radical (unpaired) electrons. The molecular formula is C20H25FN2O3. The fourth-order valence-electron chi connectivity index (χ4n) is 3.43. The lowest BCUT2D eigenvalue weighted by molar-refractivity contribution is 0.194. The van der Waals surface area contributed by atoms with E-state index in [1.165, 1.54) is 7.11 Å². The molecule has 2 aromatic rings. The van der Waals surface area contributed by atoms with Crippen molar-refractivity contribution in [2.75, 3.05) is 47.5 Å². The zero-order chi connectivity index (χ0) is 18.5.